The molecular formula is C10H6BrNS. The second-order valence-corrected chi connectivity index (χ2v) is 5.35. The van der Waals surface area contributed by atoms with Gasteiger partial charge in [0.05, 0.1) is 15.4 Å². The molecule has 0 spiro atoms. The van der Waals surface area contributed by atoms with Crippen LogP contribution in [0.5, 0.6) is 0 Å². The van der Waals surface area contributed by atoms with E-state index in [1.807, 2.05) is 19.1 Å². The molecule has 0 radical (unpaired) electrons. The molecule has 2 rings (SSSR count). The lowest BCUT2D eigenvalue weighted by Gasteiger charge is -1.95. The molecule has 0 atom stereocenters. The number of rotatable bonds is 0. The van der Waals surface area contributed by atoms with Gasteiger partial charge in [-0.15, -0.1) is 11.3 Å². The standard InChI is InChI=1S/C10H6BrNS/c1-6-2-7(5-12)8-4-10(11)13-9(8)3-6/h2-4H,1H3. The molecule has 1 nitrogen and oxygen atoms in total. The SMILES string of the molecule is Cc1cc(C#N)c2cc(Br)sc2c1. The Kier molecular flexibility index (Phi) is 2.10. The van der Waals surface area contributed by atoms with E-state index in [4.69, 9.17) is 5.26 Å². The minimum absolute atomic E-state index is 0.761. The first-order chi connectivity index (χ1) is 6.20. The Bertz CT molecular complexity index is 507. The van der Waals surface area contributed by atoms with E-state index < -0.39 is 0 Å². The summed E-state index contributed by atoms with van der Waals surface area (Å²) in [6.45, 7) is 2.01. The lowest BCUT2D eigenvalue weighted by Crippen LogP contribution is -1.77. The Morgan fingerprint density at radius 3 is 2.85 bits per heavy atom. The number of hydrogen-bond donors (Lipinski definition) is 0. The predicted octanol–water partition coefficient (Wildman–Crippen LogP) is 3.84. The maximum atomic E-state index is 8.91. The first-order valence-corrected chi connectivity index (χ1v) is 5.41. The summed E-state index contributed by atoms with van der Waals surface area (Å²) in [5.41, 5.74) is 1.90. The first-order valence-electron chi connectivity index (χ1n) is 3.80. The van der Waals surface area contributed by atoms with Gasteiger partial charge in [-0.25, -0.2) is 0 Å². The van der Waals surface area contributed by atoms with Gasteiger partial charge in [0, 0.05) is 10.1 Å². The van der Waals surface area contributed by atoms with Crippen molar-refractivity contribution in [3.05, 3.63) is 33.1 Å². The van der Waals surface area contributed by atoms with Crippen molar-refractivity contribution in [3.63, 3.8) is 0 Å². The number of aryl methyl sites for hydroxylation is 1. The van der Waals surface area contributed by atoms with Crippen LogP contribution >= 0.6 is 27.3 Å². The molecule has 1 aromatic heterocycles. The summed E-state index contributed by atoms with van der Waals surface area (Å²) < 4.78 is 2.24. The van der Waals surface area contributed by atoms with Crippen molar-refractivity contribution in [1.29, 1.82) is 5.26 Å². The fourth-order valence-electron chi connectivity index (χ4n) is 1.34. The van der Waals surface area contributed by atoms with E-state index >= 15 is 0 Å². The number of benzene rings is 1. The van der Waals surface area contributed by atoms with Gasteiger partial charge in [0.1, 0.15) is 0 Å². The van der Waals surface area contributed by atoms with Crippen molar-refractivity contribution in [2.24, 2.45) is 0 Å². The van der Waals surface area contributed by atoms with E-state index in [2.05, 4.69) is 28.1 Å². The van der Waals surface area contributed by atoms with Gasteiger partial charge in [0.2, 0.25) is 0 Å². The summed E-state index contributed by atoms with van der Waals surface area (Å²) in [5, 5.41) is 9.95. The minimum Gasteiger partial charge on any atom is -0.192 e. The van der Waals surface area contributed by atoms with Crippen LogP contribution in [0.2, 0.25) is 0 Å². The van der Waals surface area contributed by atoms with Crippen molar-refractivity contribution in [3.8, 4) is 6.07 Å². The number of nitrogens with zero attached hydrogens (tertiary/aromatic N) is 1. The molecule has 0 bridgehead atoms. The predicted molar refractivity (Wildman–Crippen MR) is 59.0 cm³/mol. The molecule has 0 amide bonds. The summed E-state index contributed by atoms with van der Waals surface area (Å²) in [6.07, 6.45) is 0. The Balaban J connectivity index is 2.90. The zero-order valence-corrected chi connectivity index (χ0v) is 9.37. The monoisotopic (exact) mass is 251 g/mol. The van der Waals surface area contributed by atoms with E-state index in [0.29, 0.717) is 0 Å². The van der Waals surface area contributed by atoms with Gasteiger partial charge >= 0.3 is 0 Å². The van der Waals surface area contributed by atoms with Gasteiger partial charge in [-0.2, -0.15) is 5.26 Å². The summed E-state index contributed by atoms with van der Waals surface area (Å²) in [4.78, 5) is 0. The second-order valence-electron chi connectivity index (χ2n) is 2.89. The highest BCUT2D eigenvalue weighted by molar-refractivity contribution is 9.11. The van der Waals surface area contributed by atoms with Gasteiger partial charge in [-0.3, -0.25) is 0 Å². The third-order valence-corrected chi connectivity index (χ3v) is 3.46. The summed E-state index contributed by atoms with van der Waals surface area (Å²) >= 11 is 5.08. The Hall–Kier alpha value is -0.850. The third-order valence-electron chi connectivity index (χ3n) is 1.87. The maximum Gasteiger partial charge on any atom is 0.0998 e. The summed E-state index contributed by atoms with van der Waals surface area (Å²) in [5.74, 6) is 0. The Morgan fingerprint density at radius 2 is 2.15 bits per heavy atom. The number of fused-ring (bicyclic) bond motifs is 1. The van der Waals surface area contributed by atoms with Crippen LogP contribution < -0.4 is 0 Å². The highest BCUT2D eigenvalue weighted by Gasteiger charge is 2.05. The lowest BCUT2D eigenvalue weighted by atomic mass is 10.1. The van der Waals surface area contributed by atoms with E-state index in [0.717, 1.165) is 20.3 Å². The zero-order chi connectivity index (χ0) is 9.42. The average molecular weight is 252 g/mol. The van der Waals surface area contributed by atoms with Crippen LogP contribution in [-0.4, -0.2) is 0 Å². The second kappa shape index (κ2) is 3.13. The average Bonchev–Trinajstić information content (AvgIpc) is 2.43. The highest BCUT2D eigenvalue weighted by atomic mass is 79.9. The van der Waals surface area contributed by atoms with Crippen LogP contribution in [0.25, 0.3) is 10.1 Å². The van der Waals surface area contributed by atoms with Crippen molar-refractivity contribution in [2.75, 3.05) is 0 Å². The van der Waals surface area contributed by atoms with Crippen molar-refractivity contribution >= 4 is 37.4 Å². The van der Waals surface area contributed by atoms with Crippen molar-refractivity contribution < 1.29 is 0 Å². The fraction of sp³-hybridized carbons (Fsp3) is 0.100. The molecule has 0 saturated heterocycles. The van der Waals surface area contributed by atoms with Crippen molar-refractivity contribution in [2.45, 2.75) is 6.92 Å². The minimum atomic E-state index is 0.761. The van der Waals surface area contributed by atoms with Gasteiger partial charge in [-0.1, -0.05) is 0 Å². The van der Waals surface area contributed by atoms with E-state index in [1.165, 1.54) is 4.70 Å². The molecule has 2 aromatic rings. The molecule has 0 N–H and O–H groups in total. The van der Waals surface area contributed by atoms with Gasteiger partial charge in [0.25, 0.3) is 0 Å². The maximum absolute atomic E-state index is 8.91. The van der Waals surface area contributed by atoms with Gasteiger partial charge in [-0.05, 0) is 46.6 Å². The van der Waals surface area contributed by atoms with Crippen molar-refractivity contribution in [1.82, 2.24) is 0 Å². The van der Waals surface area contributed by atoms with Crippen LogP contribution in [0.4, 0.5) is 0 Å². The highest BCUT2D eigenvalue weighted by Crippen LogP contribution is 2.32. The third kappa shape index (κ3) is 1.48. The molecule has 1 heterocycles. The molecule has 0 unspecified atom stereocenters. The molecule has 0 aliphatic rings. The molecule has 0 saturated carbocycles. The van der Waals surface area contributed by atoms with Crippen LogP contribution in [-0.2, 0) is 0 Å². The lowest BCUT2D eigenvalue weighted by molar-refractivity contribution is 1.46. The Labute approximate surface area is 88.7 Å². The topological polar surface area (TPSA) is 23.8 Å². The quantitative estimate of drug-likeness (QED) is 0.698. The number of hydrogen-bond acceptors (Lipinski definition) is 2. The zero-order valence-electron chi connectivity index (χ0n) is 6.97. The Morgan fingerprint density at radius 1 is 1.38 bits per heavy atom. The fourth-order valence-corrected chi connectivity index (χ4v) is 3.00. The molecular weight excluding hydrogens is 246 g/mol. The number of halogens is 1. The molecule has 3 heteroatoms. The summed E-state index contributed by atoms with van der Waals surface area (Å²) in [6, 6.07) is 8.23. The van der Waals surface area contributed by atoms with E-state index in [9.17, 15) is 0 Å². The van der Waals surface area contributed by atoms with Crippen LogP contribution in [0, 0.1) is 18.3 Å². The van der Waals surface area contributed by atoms with Crippen LogP contribution in [0.1, 0.15) is 11.1 Å². The molecule has 13 heavy (non-hydrogen) atoms. The molecule has 1 aromatic carbocycles. The van der Waals surface area contributed by atoms with Crippen LogP contribution in [0.3, 0.4) is 0 Å². The molecule has 0 aliphatic carbocycles. The number of nitriles is 1. The van der Waals surface area contributed by atoms with E-state index in [1.54, 1.807) is 11.3 Å². The molecule has 0 aliphatic heterocycles. The normalized spacial score (nSPS) is 10.2. The first kappa shape index (κ1) is 8.74. The number of thiophene rings is 1. The van der Waals surface area contributed by atoms with Crippen LogP contribution in [0.15, 0.2) is 22.0 Å². The smallest absolute Gasteiger partial charge is 0.0998 e. The van der Waals surface area contributed by atoms with Gasteiger partial charge in [0.15, 0.2) is 0 Å². The largest absolute Gasteiger partial charge is 0.192 e. The molecule has 64 valence electrons. The molecule has 0 fully saturated rings. The van der Waals surface area contributed by atoms with E-state index in [-0.39, 0.29) is 0 Å². The van der Waals surface area contributed by atoms with Gasteiger partial charge < -0.3 is 0 Å². The summed E-state index contributed by atoms with van der Waals surface area (Å²) in [7, 11) is 0.